The lowest BCUT2D eigenvalue weighted by atomic mass is 10.2. The fourth-order valence-electron chi connectivity index (χ4n) is 2.04. The molecule has 0 saturated heterocycles. The summed E-state index contributed by atoms with van der Waals surface area (Å²) in [4.78, 5) is 4.53. The number of methoxy groups -OCH3 is 1. The van der Waals surface area contributed by atoms with Gasteiger partial charge in [-0.3, -0.25) is 0 Å². The summed E-state index contributed by atoms with van der Waals surface area (Å²) in [5.41, 5.74) is 0.971. The Morgan fingerprint density at radius 2 is 2.14 bits per heavy atom. The molecule has 1 aliphatic rings. The van der Waals surface area contributed by atoms with Crippen LogP contribution in [-0.4, -0.2) is 46.0 Å². The van der Waals surface area contributed by atoms with Crippen molar-refractivity contribution in [1.82, 2.24) is 10.6 Å². The minimum atomic E-state index is 0.499. The lowest BCUT2D eigenvalue weighted by molar-refractivity contribution is 0.171. The number of nitrogens with zero attached hydrogens (tertiary/aromatic N) is 1. The van der Waals surface area contributed by atoms with Crippen LogP contribution in [0.4, 0.5) is 0 Å². The zero-order valence-corrected chi connectivity index (χ0v) is 13.7. The minimum absolute atomic E-state index is 0.499. The third kappa shape index (κ3) is 4.68. The van der Waals surface area contributed by atoms with Gasteiger partial charge in [-0.05, 0) is 24.6 Å². The summed E-state index contributed by atoms with van der Waals surface area (Å²) in [6.07, 6.45) is 0. The second kappa shape index (κ2) is 8.70. The Morgan fingerprint density at radius 3 is 2.91 bits per heavy atom. The molecular weight excluding hydrogens is 306 g/mol. The van der Waals surface area contributed by atoms with Gasteiger partial charge in [0.1, 0.15) is 13.2 Å². The average molecular weight is 328 g/mol. The molecule has 2 N–H and O–H groups in total. The van der Waals surface area contributed by atoms with Gasteiger partial charge in [-0.1, -0.05) is 11.6 Å². The third-order valence-electron chi connectivity index (χ3n) is 3.02. The standard InChI is InChI=1S/C15H22ClN3O3/c1-3-17-15(18-4-5-20-2)19-10-11-8-12(16)14-13(9-11)21-6-7-22-14/h8-9H,3-7,10H2,1-2H3,(H2,17,18,19). The topological polar surface area (TPSA) is 64.1 Å². The van der Waals surface area contributed by atoms with Gasteiger partial charge in [0, 0.05) is 20.2 Å². The molecule has 0 aromatic heterocycles. The van der Waals surface area contributed by atoms with Gasteiger partial charge in [-0.25, -0.2) is 4.99 Å². The average Bonchev–Trinajstić information content (AvgIpc) is 2.53. The number of halogens is 1. The van der Waals surface area contributed by atoms with Crippen molar-refractivity contribution in [1.29, 1.82) is 0 Å². The Labute approximate surface area is 135 Å². The molecule has 0 saturated carbocycles. The van der Waals surface area contributed by atoms with Crippen molar-refractivity contribution >= 4 is 17.6 Å². The van der Waals surface area contributed by atoms with E-state index in [1.54, 1.807) is 7.11 Å². The Morgan fingerprint density at radius 1 is 1.32 bits per heavy atom. The summed E-state index contributed by atoms with van der Waals surface area (Å²) in [5, 5.41) is 6.93. The van der Waals surface area contributed by atoms with Gasteiger partial charge < -0.3 is 24.8 Å². The van der Waals surface area contributed by atoms with Crippen LogP contribution in [-0.2, 0) is 11.3 Å². The van der Waals surface area contributed by atoms with E-state index in [2.05, 4.69) is 15.6 Å². The van der Waals surface area contributed by atoms with Crippen molar-refractivity contribution in [2.24, 2.45) is 4.99 Å². The molecule has 0 bridgehead atoms. The van der Waals surface area contributed by atoms with Crippen LogP contribution in [0.3, 0.4) is 0 Å². The molecule has 1 aromatic carbocycles. The summed E-state index contributed by atoms with van der Waals surface area (Å²) in [6.45, 7) is 5.70. The quantitative estimate of drug-likeness (QED) is 0.474. The molecule has 0 atom stereocenters. The molecule has 6 nitrogen and oxygen atoms in total. The van der Waals surface area contributed by atoms with Gasteiger partial charge in [0.2, 0.25) is 0 Å². The largest absolute Gasteiger partial charge is 0.486 e. The molecule has 22 heavy (non-hydrogen) atoms. The van der Waals surface area contributed by atoms with Crippen molar-refractivity contribution in [3.8, 4) is 11.5 Å². The summed E-state index contributed by atoms with van der Waals surface area (Å²) in [7, 11) is 1.67. The van der Waals surface area contributed by atoms with E-state index in [0.29, 0.717) is 49.4 Å². The van der Waals surface area contributed by atoms with Crippen molar-refractivity contribution in [3.05, 3.63) is 22.7 Å². The smallest absolute Gasteiger partial charge is 0.191 e. The highest BCUT2D eigenvalue weighted by atomic mass is 35.5. The number of benzene rings is 1. The predicted molar refractivity (Wildman–Crippen MR) is 87.1 cm³/mol. The van der Waals surface area contributed by atoms with Crippen LogP contribution in [0.15, 0.2) is 17.1 Å². The highest BCUT2D eigenvalue weighted by Crippen LogP contribution is 2.38. The first-order chi connectivity index (χ1) is 10.7. The van der Waals surface area contributed by atoms with Crippen molar-refractivity contribution < 1.29 is 14.2 Å². The van der Waals surface area contributed by atoms with Crippen LogP contribution in [0.5, 0.6) is 11.5 Å². The van der Waals surface area contributed by atoms with Gasteiger partial charge in [-0.15, -0.1) is 0 Å². The van der Waals surface area contributed by atoms with E-state index < -0.39 is 0 Å². The zero-order valence-electron chi connectivity index (χ0n) is 12.9. The Balaban J connectivity index is 2.04. The molecule has 0 amide bonds. The van der Waals surface area contributed by atoms with E-state index >= 15 is 0 Å². The third-order valence-corrected chi connectivity index (χ3v) is 3.30. The lowest BCUT2D eigenvalue weighted by Crippen LogP contribution is -2.38. The van der Waals surface area contributed by atoms with Crippen molar-refractivity contribution in [2.75, 3.05) is 40.0 Å². The maximum absolute atomic E-state index is 6.22. The van der Waals surface area contributed by atoms with E-state index in [0.717, 1.165) is 18.1 Å². The SMILES string of the molecule is CCNC(=NCc1cc(Cl)c2c(c1)OCCO2)NCCOC. The van der Waals surface area contributed by atoms with Crippen LogP contribution >= 0.6 is 11.6 Å². The molecule has 0 radical (unpaired) electrons. The van der Waals surface area contributed by atoms with E-state index in [1.165, 1.54) is 0 Å². The maximum atomic E-state index is 6.22. The van der Waals surface area contributed by atoms with Crippen LogP contribution in [0, 0.1) is 0 Å². The van der Waals surface area contributed by atoms with Crippen LogP contribution in [0.2, 0.25) is 5.02 Å². The molecule has 2 rings (SSSR count). The second-order valence-corrected chi connectivity index (χ2v) is 5.12. The van der Waals surface area contributed by atoms with Gasteiger partial charge in [0.15, 0.2) is 17.5 Å². The molecular formula is C15H22ClN3O3. The lowest BCUT2D eigenvalue weighted by Gasteiger charge is -2.20. The Hall–Kier alpha value is -1.66. The normalized spacial score (nSPS) is 13.9. The van der Waals surface area contributed by atoms with Crippen molar-refractivity contribution in [2.45, 2.75) is 13.5 Å². The number of hydrogen-bond donors (Lipinski definition) is 2. The first kappa shape index (κ1) is 16.7. The van der Waals surface area contributed by atoms with Gasteiger partial charge in [-0.2, -0.15) is 0 Å². The van der Waals surface area contributed by atoms with E-state index in [1.807, 2.05) is 19.1 Å². The van der Waals surface area contributed by atoms with Crippen LogP contribution < -0.4 is 20.1 Å². The van der Waals surface area contributed by atoms with E-state index in [4.69, 9.17) is 25.8 Å². The van der Waals surface area contributed by atoms with Crippen LogP contribution in [0.1, 0.15) is 12.5 Å². The number of hydrogen-bond acceptors (Lipinski definition) is 4. The fraction of sp³-hybridized carbons (Fsp3) is 0.533. The summed E-state index contributed by atoms with van der Waals surface area (Å²) in [5.74, 6) is 2.04. The zero-order chi connectivity index (χ0) is 15.8. The second-order valence-electron chi connectivity index (χ2n) is 4.72. The first-order valence-electron chi connectivity index (χ1n) is 7.33. The number of aliphatic imine (C=N–C) groups is 1. The number of ether oxygens (including phenoxy) is 3. The summed E-state index contributed by atoms with van der Waals surface area (Å²) in [6, 6.07) is 3.78. The molecule has 0 aliphatic carbocycles. The van der Waals surface area contributed by atoms with E-state index in [-0.39, 0.29) is 0 Å². The number of fused-ring (bicyclic) bond motifs is 1. The van der Waals surface area contributed by atoms with Crippen LogP contribution in [0.25, 0.3) is 0 Å². The Kier molecular flexibility index (Phi) is 6.61. The molecule has 7 heteroatoms. The number of nitrogens with one attached hydrogen (secondary N) is 2. The number of rotatable bonds is 6. The molecule has 122 valence electrons. The van der Waals surface area contributed by atoms with Gasteiger partial charge in [0.25, 0.3) is 0 Å². The molecule has 1 heterocycles. The molecule has 1 aliphatic heterocycles. The van der Waals surface area contributed by atoms with Gasteiger partial charge >= 0.3 is 0 Å². The number of guanidine groups is 1. The highest BCUT2D eigenvalue weighted by molar-refractivity contribution is 6.32. The summed E-state index contributed by atoms with van der Waals surface area (Å²) >= 11 is 6.22. The minimum Gasteiger partial charge on any atom is -0.486 e. The Bertz CT molecular complexity index is 523. The molecule has 1 aromatic rings. The monoisotopic (exact) mass is 327 g/mol. The first-order valence-corrected chi connectivity index (χ1v) is 7.71. The molecule has 0 fully saturated rings. The molecule has 0 spiro atoms. The van der Waals surface area contributed by atoms with Gasteiger partial charge in [0.05, 0.1) is 18.2 Å². The van der Waals surface area contributed by atoms with Crippen molar-refractivity contribution in [3.63, 3.8) is 0 Å². The maximum Gasteiger partial charge on any atom is 0.191 e. The van der Waals surface area contributed by atoms with E-state index in [9.17, 15) is 0 Å². The summed E-state index contributed by atoms with van der Waals surface area (Å²) < 4.78 is 16.1. The molecule has 0 unspecified atom stereocenters. The highest BCUT2D eigenvalue weighted by Gasteiger charge is 2.16. The fourth-order valence-corrected chi connectivity index (χ4v) is 2.33. The predicted octanol–water partition coefficient (Wildman–Crippen LogP) is 1.81.